The summed E-state index contributed by atoms with van der Waals surface area (Å²) in [4.78, 5) is 16.8. The van der Waals surface area contributed by atoms with Crippen LogP contribution in [0.15, 0.2) is 53.1 Å². The minimum Gasteiger partial charge on any atom is -0.495 e. The van der Waals surface area contributed by atoms with Crippen LogP contribution < -0.4 is 10.1 Å². The number of rotatable bonds is 6. The second kappa shape index (κ2) is 8.70. The third kappa shape index (κ3) is 5.18. The number of nitrogens with zero attached hydrogens (tertiary/aromatic N) is 1. The zero-order valence-electron chi connectivity index (χ0n) is 17.1. The predicted molar refractivity (Wildman–Crippen MR) is 116 cm³/mol. The van der Waals surface area contributed by atoms with E-state index in [0.717, 1.165) is 11.1 Å². The number of nitrogens with one attached hydrogen (secondary N) is 1. The van der Waals surface area contributed by atoms with Crippen molar-refractivity contribution in [1.82, 2.24) is 4.98 Å². The molecule has 0 saturated carbocycles. The topological polar surface area (TPSA) is 64.4 Å². The van der Waals surface area contributed by atoms with Crippen LogP contribution in [0, 0.1) is 0 Å². The smallest absolute Gasteiger partial charge is 0.224 e. The molecule has 0 spiro atoms. The van der Waals surface area contributed by atoms with Crippen molar-refractivity contribution in [3.8, 4) is 17.1 Å². The Kier molecular flexibility index (Phi) is 6.28. The third-order valence-corrected chi connectivity index (χ3v) is 4.93. The molecule has 3 aromatic rings. The van der Waals surface area contributed by atoms with Gasteiger partial charge in [0, 0.05) is 18.4 Å². The van der Waals surface area contributed by atoms with Gasteiger partial charge >= 0.3 is 0 Å². The summed E-state index contributed by atoms with van der Waals surface area (Å²) in [6.45, 7) is 6.37. The molecular weight excluding hydrogens is 388 g/mol. The van der Waals surface area contributed by atoms with Gasteiger partial charge in [-0.25, -0.2) is 4.98 Å². The van der Waals surface area contributed by atoms with Crippen LogP contribution in [-0.2, 0) is 16.6 Å². The molecule has 0 bridgehead atoms. The molecule has 0 aliphatic carbocycles. The van der Waals surface area contributed by atoms with Gasteiger partial charge in [0.25, 0.3) is 0 Å². The molecule has 29 heavy (non-hydrogen) atoms. The Balaban J connectivity index is 1.66. The molecular formula is C23H25ClN2O3. The van der Waals surface area contributed by atoms with Crippen molar-refractivity contribution < 1.29 is 13.9 Å². The second-order valence-corrected chi connectivity index (χ2v) is 8.22. The Hall–Kier alpha value is -2.79. The quantitative estimate of drug-likeness (QED) is 0.549. The van der Waals surface area contributed by atoms with Crippen LogP contribution in [0.2, 0.25) is 5.02 Å². The van der Waals surface area contributed by atoms with Crippen molar-refractivity contribution in [3.05, 3.63) is 65.1 Å². The number of oxazole rings is 1. The lowest BCUT2D eigenvalue weighted by molar-refractivity contribution is -0.116. The Morgan fingerprint density at radius 2 is 1.97 bits per heavy atom. The SMILES string of the molecule is COc1ccc(C(C)(C)C)cc1NC(=O)CCc1ncc(-c2ccccc2Cl)o1. The molecule has 0 aliphatic heterocycles. The number of benzene rings is 2. The standard InChI is InChI=1S/C23H25ClN2O3/c1-23(2,3)15-9-10-19(28-4)18(13-15)26-21(27)11-12-22-25-14-20(29-22)16-7-5-6-8-17(16)24/h5-10,13-14H,11-12H2,1-4H3,(H,26,27). The normalized spacial score (nSPS) is 11.3. The zero-order chi connectivity index (χ0) is 21.0. The van der Waals surface area contributed by atoms with Gasteiger partial charge in [0.15, 0.2) is 11.7 Å². The van der Waals surface area contributed by atoms with Gasteiger partial charge < -0.3 is 14.5 Å². The molecule has 1 N–H and O–H groups in total. The number of anilines is 1. The van der Waals surface area contributed by atoms with Crippen molar-refractivity contribution in [2.75, 3.05) is 12.4 Å². The molecule has 0 aliphatic rings. The minimum atomic E-state index is -0.133. The number of hydrogen-bond acceptors (Lipinski definition) is 4. The van der Waals surface area contributed by atoms with Gasteiger partial charge in [-0.05, 0) is 35.2 Å². The number of ether oxygens (including phenoxy) is 1. The van der Waals surface area contributed by atoms with Crippen LogP contribution in [0.5, 0.6) is 5.75 Å². The van der Waals surface area contributed by atoms with Crippen molar-refractivity contribution >= 4 is 23.2 Å². The van der Waals surface area contributed by atoms with E-state index in [1.807, 2.05) is 36.4 Å². The van der Waals surface area contributed by atoms with E-state index in [1.54, 1.807) is 19.4 Å². The number of hydrogen-bond donors (Lipinski definition) is 1. The fraction of sp³-hybridized carbons (Fsp3) is 0.304. The van der Waals surface area contributed by atoms with Crippen molar-refractivity contribution in [1.29, 1.82) is 0 Å². The van der Waals surface area contributed by atoms with Crippen molar-refractivity contribution in [2.24, 2.45) is 0 Å². The Bertz CT molecular complexity index is 1010. The first-order valence-electron chi connectivity index (χ1n) is 9.46. The van der Waals surface area contributed by atoms with E-state index in [0.29, 0.717) is 34.5 Å². The molecule has 5 nitrogen and oxygen atoms in total. The van der Waals surface area contributed by atoms with E-state index in [-0.39, 0.29) is 17.7 Å². The van der Waals surface area contributed by atoms with E-state index in [1.165, 1.54) is 0 Å². The summed E-state index contributed by atoms with van der Waals surface area (Å²) in [5.41, 5.74) is 2.53. The molecule has 2 aromatic carbocycles. The summed E-state index contributed by atoms with van der Waals surface area (Å²) >= 11 is 6.20. The molecule has 1 aromatic heterocycles. The summed E-state index contributed by atoms with van der Waals surface area (Å²) in [5.74, 6) is 1.58. The highest BCUT2D eigenvalue weighted by atomic mass is 35.5. The molecule has 1 amide bonds. The number of aromatic nitrogens is 1. The van der Waals surface area contributed by atoms with Gasteiger partial charge in [-0.3, -0.25) is 4.79 Å². The summed E-state index contributed by atoms with van der Waals surface area (Å²) in [7, 11) is 1.59. The van der Waals surface area contributed by atoms with E-state index in [4.69, 9.17) is 20.8 Å². The first-order chi connectivity index (χ1) is 13.8. The molecule has 6 heteroatoms. The largest absolute Gasteiger partial charge is 0.495 e. The van der Waals surface area contributed by atoms with E-state index in [9.17, 15) is 4.79 Å². The molecule has 0 unspecified atom stereocenters. The Morgan fingerprint density at radius 1 is 1.21 bits per heavy atom. The summed E-state index contributed by atoms with van der Waals surface area (Å²) in [5, 5.41) is 3.53. The molecule has 3 rings (SSSR count). The number of carbonyl (C=O) groups is 1. The Labute approximate surface area is 176 Å². The number of amides is 1. The van der Waals surface area contributed by atoms with Crippen LogP contribution in [0.25, 0.3) is 11.3 Å². The number of carbonyl (C=O) groups excluding carboxylic acids is 1. The Morgan fingerprint density at radius 3 is 2.66 bits per heavy atom. The van der Waals surface area contributed by atoms with E-state index < -0.39 is 0 Å². The van der Waals surface area contributed by atoms with Gasteiger partial charge in [0.2, 0.25) is 5.91 Å². The summed E-state index contributed by atoms with van der Waals surface area (Å²) in [6, 6.07) is 13.3. The van der Waals surface area contributed by atoms with Crippen LogP contribution in [-0.4, -0.2) is 18.0 Å². The molecule has 1 heterocycles. The van der Waals surface area contributed by atoms with Crippen LogP contribution in [0.1, 0.15) is 38.6 Å². The van der Waals surface area contributed by atoms with Gasteiger partial charge in [0.05, 0.1) is 24.0 Å². The van der Waals surface area contributed by atoms with E-state index >= 15 is 0 Å². The summed E-state index contributed by atoms with van der Waals surface area (Å²) < 4.78 is 11.1. The lowest BCUT2D eigenvalue weighted by atomic mass is 9.87. The van der Waals surface area contributed by atoms with Gasteiger partial charge in [-0.15, -0.1) is 0 Å². The summed E-state index contributed by atoms with van der Waals surface area (Å²) in [6.07, 6.45) is 2.26. The number of methoxy groups -OCH3 is 1. The van der Waals surface area contributed by atoms with Crippen LogP contribution in [0.4, 0.5) is 5.69 Å². The third-order valence-electron chi connectivity index (χ3n) is 4.60. The van der Waals surface area contributed by atoms with Crippen molar-refractivity contribution in [2.45, 2.75) is 39.0 Å². The molecule has 152 valence electrons. The second-order valence-electron chi connectivity index (χ2n) is 7.81. The molecule has 0 atom stereocenters. The molecule has 0 radical (unpaired) electrons. The maximum Gasteiger partial charge on any atom is 0.224 e. The zero-order valence-corrected chi connectivity index (χ0v) is 17.8. The maximum atomic E-state index is 12.5. The fourth-order valence-corrected chi connectivity index (χ4v) is 3.15. The fourth-order valence-electron chi connectivity index (χ4n) is 2.92. The lowest BCUT2D eigenvalue weighted by Gasteiger charge is -2.21. The van der Waals surface area contributed by atoms with Crippen molar-refractivity contribution in [3.63, 3.8) is 0 Å². The lowest BCUT2D eigenvalue weighted by Crippen LogP contribution is -2.16. The monoisotopic (exact) mass is 412 g/mol. The first-order valence-corrected chi connectivity index (χ1v) is 9.83. The highest BCUT2D eigenvalue weighted by molar-refractivity contribution is 6.33. The number of halogens is 1. The molecule has 0 saturated heterocycles. The highest BCUT2D eigenvalue weighted by Gasteiger charge is 2.17. The maximum absolute atomic E-state index is 12.5. The predicted octanol–water partition coefficient (Wildman–Crippen LogP) is 5.87. The molecule has 0 fully saturated rings. The first kappa shape index (κ1) is 20.9. The average Bonchev–Trinajstić information content (AvgIpc) is 3.15. The average molecular weight is 413 g/mol. The van der Waals surface area contributed by atoms with Gasteiger partial charge in [0.1, 0.15) is 5.75 Å². The van der Waals surface area contributed by atoms with Gasteiger partial charge in [-0.1, -0.05) is 50.6 Å². The van der Waals surface area contributed by atoms with Gasteiger partial charge in [-0.2, -0.15) is 0 Å². The minimum absolute atomic E-state index is 0.0288. The van der Waals surface area contributed by atoms with Crippen LogP contribution >= 0.6 is 11.6 Å². The highest BCUT2D eigenvalue weighted by Crippen LogP contribution is 2.32. The number of aryl methyl sites for hydroxylation is 1. The van der Waals surface area contributed by atoms with Crippen LogP contribution in [0.3, 0.4) is 0 Å². The van der Waals surface area contributed by atoms with E-state index in [2.05, 4.69) is 31.1 Å².